The van der Waals surface area contributed by atoms with Crippen molar-refractivity contribution in [2.75, 3.05) is 6.54 Å². The van der Waals surface area contributed by atoms with Crippen LogP contribution < -0.4 is 5.32 Å². The third-order valence-electron chi connectivity index (χ3n) is 4.40. The average Bonchev–Trinajstić information content (AvgIpc) is 2.89. The van der Waals surface area contributed by atoms with E-state index in [0.717, 1.165) is 23.5 Å². The predicted octanol–water partition coefficient (Wildman–Crippen LogP) is 2.03. The van der Waals surface area contributed by atoms with Crippen molar-refractivity contribution < 1.29 is 14.3 Å². The molecule has 0 fully saturated rings. The number of nitrogens with one attached hydrogen (secondary N) is 1. The summed E-state index contributed by atoms with van der Waals surface area (Å²) in [4.78, 5) is 24.4. The minimum atomic E-state index is -0.761. The zero-order valence-electron chi connectivity index (χ0n) is 14.8. The molecule has 0 spiro atoms. The van der Waals surface area contributed by atoms with Crippen molar-refractivity contribution >= 4 is 11.9 Å². The van der Waals surface area contributed by atoms with Crippen molar-refractivity contribution in [1.29, 1.82) is 0 Å². The lowest BCUT2D eigenvalue weighted by atomic mass is 9.98. The summed E-state index contributed by atoms with van der Waals surface area (Å²) in [6, 6.07) is 9.28. The lowest BCUT2D eigenvalue weighted by molar-refractivity contribution is -0.130. The van der Waals surface area contributed by atoms with Crippen LogP contribution in [0.1, 0.15) is 34.2 Å². The molecule has 0 saturated carbocycles. The Morgan fingerprint density at radius 3 is 2.88 bits per heavy atom. The van der Waals surface area contributed by atoms with Crippen LogP contribution in [0.2, 0.25) is 0 Å². The normalized spacial score (nSPS) is 17.6. The van der Waals surface area contributed by atoms with Gasteiger partial charge in [-0.3, -0.25) is 9.48 Å². The Labute approximate surface area is 147 Å². The minimum Gasteiger partial charge on any atom is -0.448 e. The van der Waals surface area contributed by atoms with Crippen LogP contribution in [-0.2, 0) is 22.5 Å². The summed E-state index contributed by atoms with van der Waals surface area (Å²) in [7, 11) is 0. The lowest BCUT2D eigenvalue weighted by Crippen LogP contribution is -2.43. The van der Waals surface area contributed by atoms with Crippen LogP contribution in [-0.4, -0.2) is 34.3 Å². The molecule has 0 radical (unpaired) electrons. The Hall–Kier alpha value is -2.63. The third-order valence-corrected chi connectivity index (χ3v) is 4.40. The molecular formula is C19H23N3O3. The number of esters is 1. The van der Waals surface area contributed by atoms with Gasteiger partial charge in [-0.15, -0.1) is 0 Å². The molecule has 0 unspecified atom stereocenters. The van der Waals surface area contributed by atoms with Crippen LogP contribution in [0.4, 0.5) is 0 Å². The Morgan fingerprint density at radius 2 is 2.16 bits per heavy atom. The van der Waals surface area contributed by atoms with E-state index in [-0.39, 0.29) is 11.8 Å². The molecule has 1 aliphatic rings. The first-order valence-corrected chi connectivity index (χ1v) is 8.51. The van der Waals surface area contributed by atoms with Gasteiger partial charge in [0.1, 0.15) is 0 Å². The summed E-state index contributed by atoms with van der Waals surface area (Å²) in [5, 5.41) is 7.33. The van der Waals surface area contributed by atoms with Gasteiger partial charge in [0.2, 0.25) is 0 Å². The summed E-state index contributed by atoms with van der Waals surface area (Å²) < 4.78 is 7.23. The van der Waals surface area contributed by atoms with Gasteiger partial charge in [-0.1, -0.05) is 25.1 Å². The molecule has 132 valence electrons. The van der Waals surface area contributed by atoms with E-state index in [0.29, 0.717) is 18.5 Å². The number of carbonyl (C=O) groups excluding carboxylic acids is 2. The molecule has 2 atom stereocenters. The average molecular weight is 341 g/mol. The number of hydrogen-bond donors (Lipinski definition) is 1. The van der Waals surface area contributed by atoms with Gasteiger partial charge in [-0.25, -0.2) is 4.79 Å². The number of carbonyl (C=O) groups is 2. The van der Waals surface area contributed by atoms with Crippen molar-refractivity contribution in [1.82, 2.24) is 15.1 Å². The molecule has 0 aliphatic carbocycles. The fraction of sp³-hybridized carbons (Fsp3) is 0.421. The Bertz CT molecular complexity index is 797. The highest BCUT2D eigenvalue weighted by molar-refractivity contribution is 5.95. The first-order valence-electron chi connectivity index (χ1n) is 8.51. The number of aryl methyl sites for hydroxylation is 2. The van der Waals surface area contributed by atoms with E-state index < -0.39 is 12.1 Å². The number of nitrogens with zero attached hydrogens (tertiary/aromatic N) is 2. The Balaban J connectivity index is 1.54. The smallest absolute Gasteiger partial charge is 0.339 e. The molecule has 1 aromatic heterocycles. The summed E-state index contributed by atoms with van der Waals surface area (Å²) in [5.41, 5.74) is 3.49. The first-order chi connectivity index (χ1) is 11.9. The van der Waals surface area contributed by atoms with Crippen LogP contribution in [0, 0.1) is 19.8 Å². The van der Waals surface area contributed by atoms with E-state index in [1.807, 2.05) is 36.7 Å². The number of rotatable bonds is 5. The number of benzene rings is 1. The molecular weight excluding hydrogens is 318 g/mol. The zero-order chi connectivity index (χ0) is 18.0. The second-order valence-electron chi connectivity index (χ2n) is 6.71. The molecule has 1 aromatic carbocycles. The maximum atomic E-state index is 12.4. The fourth-order valence-corrected chi connectivity index (χ4v) is 3.09. The van der Waals surface area contributed by atoms with Gasteiger partial charge in [0.25, 0.3) is 5.91 Å². The van der Waals surface area contributed by atoms with E-state index in [2.05, 4.69) is 17.3 Å². The lowest BCUT2D eigenvalue weighted by Gasteiger charge is -2.24. The SMILES string of the molecule is Cc1cc(C)n(C[C@@H](C)CNC(=O)[C@@H]2Cc3ccccc3C(=O)O2)n1. The Morgan fingerprint density at radius 1 is 1.40 bits per heavy atom. The van der Waals surface area contributed by atoms with Gasteiger partial charge >= 0.3 is 5.97 Å². The molecule has 1 N–H and O–H groups in total. The second kappa shape index (κ2) is 7.09. The first kappa shape index (κ1) is 17.2. The summed E-state index contributed by atoms with van der Waals surface area (Å²) >= 11 is 0. The van der Waals surface area contributed by atoms with Gasteiger partial charge < -0.3 is 10.1 Å². The molecule has 0 bridgehead atoms. The van der Waals surface area contributed by atoms with Crippen LogP contribution in [0.5, 0.6) is 0 Å². The monoisotopic (exact) mass is 341 g/mol. The van der Waals surface area contributed by atoms with Crippen LogP contribution >= 0.6 is 0 Å². The number of ether oxygens (including phenoxy) is 1. The zero-order valence-corrected chi connectivity index (χ0v) is 14.8. The van der Waals surface area contributed by atoms with E-state index in [1.54, 1.807) is 12.1 Å². The maximum absolute atomic E-state index is 12.4. The number of aromatic nitrogens is 2. The number of amides is 1. The Kier molecular flexibility index (Phi) is 4.88. The van der Waals surface area contributed by atoms with Gasteiger partial charge in [-0.05, 0) is 37.5 Å². The van der Waals surface area contributed by atoms with Gasteiger partial charge in [0.05, 0.1) is 11.3 Å². The van der Waals surface area contributed by atoms with Crippen molar-refractivity contribution in [2.45, 2.75) is 39.8 Å². The van der Waals surface area contributed by atoms with Crippen molar-refractivity contribution in [3.05, 3.63) is 52.8 Å². The third kappa shape index (κ3) is 3.90. The fourth-order valence-electron chi connectivity index (χ4n) is 3.09. The van der Waals surface area contributed by atoms with Crippen LogP contribution in [0.3, 0.4) is 0 Å². The summed E-state index contributed by atoms with van der Waals surface area (Å²) in [6.45, 7) is 7.27. The largest absolute Gasteiger partial charge is 0.448 e. The highest BCUT2D eigenvalue weighted by atomic mass is 16.5. The molecule has 3 rings (SSSR count). The summed E-state index contributed by atoms with van der Waals surface area (Å²) in [6.07, 6.45) is -0.345. The van der Waals surface area contributed by atoms with Gasteiger partial charge in [0, 0.05) is 25.2 Å². The van der Waals surface area contributed by atoms with Crippen LogP contribution in [0.25, 0.3) is 0 Å². The number of hydrogen-bond acceptors (Lipinski definition) is 4. The summed E-state index contributed by atoms with van der Waals surface area (Å²) in [5.74, 6) is -0.464. The van der Waals surface area contributed by atoms with Crippen molar-refractivity contribution in [2.24, 2.45) is 5.92 Å². The van der Waals surface area contributed by atoms with E-state index in [1.165, 1.54) is 0 Å². The minimum absolute atomic E-state index is 0.216. The van der Waals surface area contributed by atoms with Gasteiger partial charge in [0.15, 0.2) is 6.10 Å². The maximum Gasteiger partial charge on any atom is 0.339 e. The topological polar surface area (TPSA) is 73.2 Å². The highest BCUT2D eigenvalue weighted by Crippen LogP contribution is 2.20. The molecule has 25 heavy (non-hydrogen) atoms. The molecule has 0 saturated heterocycles. The van der Waals surface area contributed by atoms with Crippen molar-refractivity contribution in [3.8, 4) is 0 Å². The second-order valence-corrected chi connectivity index (χ2v) is 6.71. The van der Waals surface area contributed by atoms with Crippen molar-refractivity contribution in [3.63, 3.8) is 0 Å². The molecule has 6 heteroatoms. The number of cyclic esters (lactones) is 1. The molecule has 1 amide bonds. The van der Waals surface area contributed by atoms with E-state index in [4.69, 9.17) is 4.74 Å². The van der Waals surface area contributed by atoms with E-state index >= 15 is 0 Å². The van der Waals surface area contributed by atoms with Crippen LogP contribution in [0.15, 0.2) is 30.3 Å². The van der Waals surface area contributed by atoms with E-state index in [9.17, 15) is 9.59 Å². The molecule has 1 aliphatic heterocycles. The predicted molar refractivity (Wildman–Crippen MR) is 93.2 cm³/mol. The molecule has 2 heterocycles. The molecule has 2 aromatic rings. The quantitative estimate of drug-likeness (QED) is 0.845. The molecule has 6 nitrogen and oxygen atoms in total. The highest BCUT2D eigenvalue weighted by Gasteiger charge is 2.30. The standard InChI is InChI=1S/C19H23N3O3/c1-12(11-22-14(3)8-13(2)21-22)10-20-18(23)17-9-15-6-4-5-7-16(15)19(24)25-17/h4-8,12,17H,9-11H2,1-3H3,(H,20,23)/t12-,17-/m0/s1. The number of fused-ring (bicyclic) bond motifs is 1. The van der Waals surface area contributed by atoms with Gasteiger partial charge in [-0.2, -0.15) is 5.10 Å².